The molecule has 4 N–H and O–H groups in total. The van der Waals surface area contributed by atoms with Gasteiger partial charge in [-0.3, -0.25) is 14.1 Å². The number of aromatic nitrogens is 3. The minimum atomic E-state index is -4.86. The molecule has 2 aromatic heterocycles. The fourth-order valence-electron chi connectivity index (χ4n) is 4.41. The summed E-state index contributed by atoms with van der Waals surface area (Å²) in [6, 6.07) is 16.5. The number of ether oxygens (including phenoxy) is 1. The highest BCUT2D eigenvalue weighted by Crippen LogP contribution is 2.36. The minimum absolute atomic E-state index is 0.0188. The Balaban J connectivity index is 1.55. The van der Waals surface area contributed by atoms with Gasteiger partial charge in [0.15, 0.2) is 24.9 Å². The van der Waals surface area contributed by atoms with Crippen molar-refractivity contribution in [3.63, 3.8) is 0 Å². The number of aryl methyl sites for hydroxylation is 1. The lowest BCUT2D eigenvalue weighted by atomic mass is 9.82. The van der Waals surface area contributed by atoms with Crippen LogP contribution in [0.1, 0.15) is 40.9 Å². The number of phosphoric acid groups is 1. The molecule has 2 aromatic carbocycles. The number of carbonyl (C=O) groups excluding carboxylic acids is 2. The summed E-state index contributed by atoms with van der Waals surface area (Å²) in [6.07, 6.45) is 1.22. The second-order valence-electron chi connectivity index (χ2n) is 10.2. The molecule has 2 heterocycles. The highest BCUT2D eigenvalue weighted by Gasteiger charge is 2.38. The third kappa shape index (κ3) is 8.58. The number of nitrogens with one attached hydrogen (secondary N) is 1. The van der Waals surface area contributed by atoms with E-state index in [2.05, 4.69) is 20.2 Å². The average Bonchev–Trinajstić information content (AvgIpc) is 3.60. The Bertz CT molecular complexity index is 1680. The standard InChI is InChI=1S/C28H31N4O11P/c1-18-24(43-27(36)42-18)15-40-26(35)28(2,16-33)13-22(12-19-8-10-21(11-9-19)20-6-4-3-5-7-20)30-25(34)23-14-29-31-32(23)17-41-44(37,38)39/h3-11,14,22,33H,12-13,15-17H2,1-2H3,(H,30,34)(H2,37,38,39)/t22-,28+/m1/s1. The lowest BCUT2D eigenvalue weighted by Gasteiger charge is -2.30. The van der Waals surface area contributed by atoms with Crippen LogP contribution in [0.5, 0.6) is 0 Å². The van der Waals surface area contributed by atoms with Crippen LogP contribution in [0, 0.1) is 12.3 Å². The highest BCUT2D eigenvalue weighted by molar-refractivity contribution is 7.46. The molecule has 15 nitrogen and oxygen atoms in total. The number of amides is 1. The van der Waals surface area contributed by atoms with Gasteiger partial charge in [-0.25, -0.2) is 14.0 Å². The smallest absolute Gasteiger partial charge is 0.457 e. The van der Waals surface area contributed by atoms with Crippen molar-refractivity contribution < 1.29 is 47.1 Å². The molecule has 0 aliphatic carbocycles. The molecule has 0 saturated heterocycles. The normalized spacial score (nSPS) is 13.7. The van der Waals surface area contributed by atoms with Gasteiger partial charge in [-0.05, 0) is 43.4 Å². The quantitative estimate of drug-likeness (QED) is 0.116. The van der Waals surface area contributed by atoms with Gasteiger partial charge in [0.2, 0.25) is 0 Å². The predicted molar refractivity (Wildman–Crippen MR) is 152 cm³/mol. The van der Waals surface area contributed by atoms with Crippen LogP contribution in [-0.4, -0.2) is 54.4 Å². The minimum Gasteiger partial charge on any atom is -0.457 e. The van der Waals surface area contributed by atoms with Crippen molar-refractivity contribution in [2.75, 3.05) is 6.61 Å². The van der Waals surface area contributed by atoms with E-state index in [0.717, 1.165) is 27.6 Å². The van der Waals surface area contributed by atoms with Gasteiger partial charge in [0.1, 0.15) is 5.69 Å². The molecule has 0 fully saturated rings. The summed E-state index contributed by atoms with van der Waals surface area (Å²) in [4.78, 5) is 55.8. The lowest BCUT2D eigenvalue weighted by Crippen LogP contribution is -2.45. The van der Waals surface area contributed by atoms with Crippen LogP contribution in [0.15, 0.2) is 74.4 Å². The number of aliphatic hydroxyl groups is 1. The molecule has 44 heavy (non-hydrogen) atoms. The van der Waals surface area contributed by atoms with Crippen LogP contribution in [0.3, 0.4) is 0 Å². The van der Waals surface area contributed by atoms with Crippen LogP contribution in [-0.2, 0) is 38.4 Å². The summed E-state index contributed by atoms with van der Waals surface area (Å²) in [7, 11) is -4.86. The van der Waals surface area contributed by atoms with E-state index in [4.69, 9.17) is 23.4 Å². The monoisotopic (exact) mass is 630 g/mol. The van der Waals surface area contributed by atoms with Gasteiger partial charge in [0.25, 0.3) is 5.91 Å². The number of benzene rings is 2. The van der Waals surface area contributed by atoms with E-state index in [0.29, 0.717) is 0 Å². The number of nitrogens with zero attached hydrogens (tertiary/aromatic N) is 3. The molecular formula is C28H31N4O11P. The van der Waals surface area contributed by atoms with Gasteiger partial charge in [-0.1, -0.05) is 59.8 Å². The Morgan fingerprint density at radius 1 is 1.09 bits per heavy atom. The Morgan fingerprint density at radius 2 is 1.77 bits per heavy atom. The molecular weight excluding hydrogens is 599 g/mol. The maximum atomic E-state index is 13.3. The SMILES string of the molecule is Cc1oc(=O)oc1COC(=O)[C@](C)(CO)C[C@@H](Cc1ccc(-c2ccccc2)cc1)NC(=O)c1cnnn1COP(=O)(O)O. The van der Waals surface area contributed by atoms with Gasteiger partial charge >= 0.3 is 19.6 Å². The molecule has 0 bridgehead atoms. The number of carbonyl (C=O) groups is 2. The van der Waals surface area contributed by atoms with Gasteiger partial charge in [0.05, 0.1) is 18.2 Å². The molecule has 1 amide bonds. The first-order valence-corrected chi connectivity index (χ1v) is 14.8. The van der Waals surface area contributed by atoms with Crippen molar-refractivity contribution >= 4 is 19.7 Å². The summed E-state index contributed by atoms with van der Waals surface area (Å²) < 4.78 is 31.4. The number of rotatable bonds is 14. The molecule has 16 heteroatoms. The molecule has 0 unspecified atom stereocenters. The largest absolute Gasteiger partial charge is 0.519 e. The number of hydrogen-bond acceptors (Lipinski definition) is 11. The molecule has 4 rings (SSSR count). The van der Waals surface area contributed by atoms with E-state index >= 15 is 0 Å². The molecule has 234 valence electrons. The average molecular weight is 631 g/mol. The predicted octanol–water partition coefficient (Wildman–Crippen LogP) is 2.34. The number of phosphoric ester groups is 1. The Labute approximate surface area is 250 Å². The van der Waals surface area contributed by atoms with Gasteiger partial charge in [0, 0.05) is 6.04 Å². The van der Waals surface area contributed by atoms with E-state index in [1.54, 1.807) is 0 Å². The summed E-state index contributed by atoms with van der Waals surface area (Å²) in [5.41, 5.74) is 1.11. The first kappa shape index (κ1) is 32.5. The zero-order valence-electron chi connectivity index (χ0n) is 23.8. The summed E-state index contributed by atoms with van der Waals surface area (Å²) >= 11 is 0. The van der Waals surface area contributed by atoms with Gasteiger partial charge in [-0.2, -0.15) is 0 Å². The zero-order chi connectivity index (χ0) is 31.9. The van der Waals surface area contributed by atoms with E-state index in [1.807, 2.05) is 54.6 Å². The number of aliphatic hydroxyl groups excluding tert-OH is 1. The van der Waals surface area contributed by atoms with Gasteiger partial charge < -0.3 is 33.8 Å². The topological polar surface area (TPSA) is 216 Å². The van der Waals surface area contributed by atoms with E-state index in [9.17, 15) is 24.1 Å². The molecule has 2 atom stereocenters. The van der Waals surface area contributed by atoms with E-state index in [-0.39, 0.29) is 30.1 Å². The van der Waals surface area contributed by atoms with Crippen molar-refractivity contribution in [3.05, 3.63) is 94.2 Å². The van der Waals surface area contributed by atoms with Crippen LogP contribution < -0.4 is 11.1 Å². The molecule has 0 spiro atoms. The van der Waals surface area contributed by atoms with E-state index in [1.165, 1.54) is 13.8 Å². The highest BCUT2D eigenvalue weighted by atomic mass is 31.2. The number of hydrogen-bond donors (Lipinski definition) is 4. The third-order valence-electron chi connectivity index (χ3n) is 6.79. The van der Waals surface area contributed by atoms with Crippen LogP contribution in [0.2, 0.25) is 0 Å². The van der Waals surface area contributed by atoms with Crippen molar-refractivity contribution in [3.8, 4) is 11.1 Å². The summed E-state index contributed by atoms with van der Waals surface area (Å²) in [5, 5.41) is 20.3. The van der Waals surface area contributed by atoms with Crippen LogP contribution >= 0.6 is 7.82 Å². The second-order valence-corrected chi connectivity index (χ2v) is 11.5. The van der Waals surface area contributed by atoms with Crippen LogP contribution in [0.4, 0.5) is 0 Å². The molecule has 4 aromatic rings. The Kier molecular flexibility index (Phi) is 10.3. The molecule has 0 radical (unpaired) electrons. The third-order valence-corrected chi connectivity index (χ3v) is 7.24. The Morgan fingerprint density at radius 3 is 2.39 bits per heavy atom. The summed E-state index contributed by atoms with van der Waals surface area (Å²) in [6.45, 7) is 1.13. The lowest BCUT2D eigenvalue weighted by molar-refractivity contribution is -0.160. The number of esters is 1. The van der Waals surface area contributed by atoms with Crippen LogP contribution in [0.25, 0.3) is 11.1 Å². The second kappa shape index (κ2) is 13.9. The van der Waals surface area contributed by atoms with Crippen molar-refractivity contribution in [1.82, 2.24) is 20.3 Å². The van der Waals surface area contributed by atoms with Crippen molar-refractivity contribution in [2.24, 2.45) is 5.41 Å². The maximum Gasteiger partial charge on any atom is 0.519 e. The first-order chi connectivity index (χ1) is 20.9. The molecule has 0 aliphatic rings. The molecule has 0 saturated carbocycles. The van der Waals surface area contributed by atoms with Crippen molar-refractivity contribution in [1.29, 1.82) is 0 Å². The van der Waals surface area contributed by atoms with Crippen molar-refractivity contribution in [2.45, 2.75) is 46.1 Å². The first-order valence-electron chi connectivity index (χ1n) is 13.3. The molecule has 0 aliphatic heterocycles. The Hall–Kier alpha value is -4.40. The van der Waals surface area contributed by atoms with E-state index < -0.39 is 56.9 Å². The summed E-state index contributed by atoms with van der Waals surface area (Å²) in [5.74, 6) is -2.32. The fourth-order valence-corrected chi connectivity index (χ4v) is 4.67. The zero-order valence-corrected chi connectivity index (χ0v) is 24.7. The van der Waals surface area contributed by atoms with Gasteiger partial charge in [-0.15, -0.1) is 5.10 Å². The maximum absolute atomic E-state index is 13.3. The fraction of sp³-hybridized carbons (Fsp3) is 0.321.